The molecule has 168 valence electrons. The molecule has 2 saturated heterocycles. The Morgan fingerprint density at radius 2 is 1.66 bits per heavy atom. The molecule has 0 bridgehead atoms. The van der Waals surface area contributed by atoms with Crippen LogP contribution in [0.5, 0.6) is 0 Å². The van der Waals surface area contributed by atoms with Crippen LogP contribution in [0.1, 0.15) is 6.42 Å². The number of hydrogen-bond donors (Lipinski definition) is 5. The van der Waals surface area contributed by atoms with Crippen LogP contribution in [0.15, 0.2) is 36.4 Å². The summed E-state index contributed by atoms with van der Waals surface area (Å²) < 4.78 is 0. The Balaban J connectivity index is 1.50. The average molecular weight is 517 g/mol. The third-order valence-electron chi connectivity index (χ3n) is 5.15. The minimum atomic E-state index is -0.919. The molecule has 0 spiro atoms. The van der Waals surface area contributed by atoms with E-state index in [1.54, 1.807) is 30.3 Å². The Hall–Kier alpha value is -2.23. The smallest absolute Gasteiger partial charge is 0.229 e. The Morgan fingerprint density at radius 1 is 0.938 bits per heavy atom. The fourth-order valence-corrected chi connectivity index (χ4v) is 4.64. The molecule has 8 nitrogen and oxygen atoms in total. The predicted molar refractivity (Wildman–Crippen MR) is 124 cm³/mol. The van der Waals surface area contributed by atoms with E-state index in [0.29, 0.717) is 26.4 Å². The molecule has 0 radical (unpaired) electrons. The number of amides is 3. The van der Waals surface area contributed by atoms with Gasteiger partial charge < -0.3 is 21.3 Å². The van der Waals surface area contributed by atoms with Crippen molar-refractivity contribution in [1.29, 1.82) is 0 Å². The van der Waals surface area contributed by atoms with E-state index in [1.165, 1.54) is 6.07 Å². The van der Waals surface area contributed by atoms with Gasteiger partial charge in [-0.2, -0.15) is 0 Å². The van der Waals surface area contributed by atoms with E-state index in [4.69, 9.17) is 46.4 Å². The molecular weight excluding hydrogens is 500 g/mol. The van der Waals surface area contributed by atoms with Crippen molar-refractivity contribution >= 4 is 75.5 Å². The van der Waals surface area contributed by atoms with Gasteiger partial charge >= 0.3 is 0 Å². The number of rotatable bonds is 4. The minimum Gasteiger partial charge on any atom is -0.353 e. The van der Waals surface area contributed by atoms with Crippen LogP contribution >= 0.6 is 46.4 Å². The van der Waals surface area contributed by atoms with Crippen molar-refractivity contribution in [1.82, 2.24) is 16.0 Å². The van der Waals surface area contributed by atoms with E-state index < -0.39 is 36.1 Å². The normalized spacial score (nSPS) is 24.8. The van der Waals surface area contributed by atoms with Gasteiger partial charge in [0.15, 0.2) is 6.29 Å². The summed E-state index contributed by atoms with van der Waals surface area (Å²) in [5, 5.41) is 15.8. The zero-order valence-corrected chi connectivity index (χ0v) is 19.2. The molecule has 0 aromatic heterocycles. The molecule has 2 aromatic carbocycles. The van der Waals surface area contributed by atoms with Crippen LogP contribution < -0.4 is 26.6 Å². The van der Waals surface area contributed by atoms with Gasteiger partial charge in [-0.05, 0) is 36.4 Å². The second-order valence-corrected chi connectivity index (χ2v) is 9.12. The summed E-state index contributed by atoms with van der Waals surface area (Å²) in [5.41, 5.74) is 0.860. The van der Waals surface area contributed by atoms with E-state index in [2.05, 4.69) is 26.6 Å². The quantitative estimate of drug-likeness (QED) is 0.427. The van der Waals surface area contributed by atoms with E-state index >= 15 is 0 Å². The van der Waals surface area contributed by atoms with Crippen LogP contribution in [0.4, 0.5) is 11.4 Å². The lowest BCUT2D eigenvalue weighted by Crippen LogP contribution is -2.72. The van der Waals surface area contributed by atoms with Gasteiger partial charge in [0, 0.05) is 27.2 Å². The summed E-state index contributed by atoms with van der Waals surface area (Å²) in [4.78, 5) is 38.2. The molecule has 3 amide bonds. The zero-order valence-electron chi connectivity index (χ0n) is 16.2. The van der Waals surface area contributed by atoms with Gasteiger partial charge in [0.25, 0.3) is 0 Å². The van der Waals surface area contributed by atoms with Crippen molar-refractivity contribution in [3.63, 3.8) is 0 Å². The lowest BCUT2D eigenvalue weighted by atomic mass is 9.81. The summed E-state index contributed by atoms with van der Waals surface area (Å²) in [5.74, 6) is -3.04. The zero-order chi connectivity index (χ0) is 23.0. The van der Waals surface area contributed by atoms with Crippen molar-refractivity contribution in [3.05, 3.63) is 56.5 Å². The molecule has 0 aliphatic carbocycles. The van der Waals surface area contributed by atoms with Crippen molar-refractivity contribution in [2.75, 3.05) is 10.6 Å². The molecule has 2 aliphatic rings. The number of benzene rings is 2. The van der Waals surface area contributed by atoms with Crippen molar-refractivity contribution in [2.24, 2.45) is 11.8 Å². The van der Waals surface area contributed by atoms with Crippen LogP contribution in [0.2, 0.25) is 20.1 Å². The number of carbonyl (C=O) groups is 3. The summed E-state index contributed by atoms with van der Waals surface area (Å²) in [7, 11) is 0. The Labute approximate surface area is 203 Å². The van der Waals surface area contributed by atoms with Gasteiger partial charge in [0.05, 0.1) is 28.7 Å². The number of hydrogen-bond acceptors (Lipinski definition) is 5. The molecule has 0 saturated carbocycles. The monoisotopic (exact) mass is 515 g/mol. The van der Waals surface area contributed by atoms with Gasteiger partial charge in [-0.25, -0.2) is 0 Å². The predicted octanol–water partition coefficient (Wildman–Crippen LogP) is 3.43. The Kier molecular flexibility index (Phi) is 6.69. The van der Waals surface area contributed by atoms with Crippen LogP contribution in [0.3, 0.4) is 0 Å². The summed E-state index contributed by atoms with van der Waals surface area (Å²) in [6.07, 6.45) is -1.66. The molecule has 12 heteroatoms. The van der Waals surface area contributed by atoms with Crippen molar-refractivity contribution in [2.45, 2.75) is 18.9 Å². The van der Waals surface area contributed by atoms with Gasteiger partial charge in [0.2, 0.25) is 17.7 Å². The fraction of sp³-hybridized carbons (Fsp3) is 0.250. The van der Waals surface area contributed by atoms with E-state index in [9.17, 15) is 14.4 Å². The van der Waals surface area contributed by atoms with Gasteiger partial charge in [-0.3, -0.25) is 19.7 Å². The highest BCUT2D eigenvalue weighted by atomic mass is 35.5. The molecule has 32 heavy (non-hydrogen) atoms. The van der Waals surface area contributed by atoms with Gasteiger partial charge in [0.1, 0.15) is 0 Å². The van der Waals surface area contributed by atoms with E-state index in [1.807, 2.05) is 0 Å². The topological polar surface area (TPSA) is 111 Å². The lowest BCUT2D eigenvalue weighted by molar-refractivity contribution is -0.144. The van der Waals surface area contributed by atoms with Gasteiger partial charge in [-0.1, -0.05) is 46.4 Å². The highest BCUT2D eigenvalue weighted by Crippen LogP contribution is 2.31. The highest BCUT2D eigenvalue weighted by Gasteiger charge is 2.48. The molecule has 4 unspecified atom stereocenters. The Bertz CT molecular complexity index is 1080. The number of nitrogens with one attached hydrogen (secondary N) is 5. The third kappa shape index (κ3) is 5.05. The molecule has 2 heterocycles. The van der Waals surface area contributed by atoms with Gasteiger partial charge in [-0.15, -0.1) is 0 Å². The van der Waals surface area contributed by atoms with E-state index in [-0.39, 0.29) is 17.4 Å². The molecule has 4 atom stereocenters. The largest absolute Gasteiger partial charge is 0.353 e. The number of anilines is 2. The Morgan fingerprint density at radius 3 is 2.38 bits per heavy atom. The highest BCUT2D eigenvalue weighted by molar-refractivity contribution is 6.36. The summed E-state index contributed by atoms with van der Waals surface area (Å²) in [6.45, 7) is 0. The average Bonchev–Trinajstić information content (AvgIpc) is 2.69. The molecule has 2 aromatic rings. The summed E-state index contributed by atoms with van der Waals surface area (Å²) in [6, 6.07) is 9.48. The maximum Gasteiger partial charge on any atom is 0.229 e. The number of halogens is 4. The van der Waals surface area contributed by atoms with E-state index in [0.717, 1.165) is 0 Å². The van der Waals surface area contributed by atoms with Crippen molar-refractivity contribution in [3.8, 4) is 0 Å². The van der Waals surface area contributed by atoms with Crippen LogP contribution in [-0.4, -0.2) is 30.2 Å². The number of carbonyl (C=O) groups excluding carboxylic acids is 3. The van der Waals surface area contributed by atoms with Crippen LogP contribution in [0, 0.1) is 11.8 Å². The third-order valence-corrected chi connectivity index (χ3v) is 6.15. The summed E-state index contributed by atoms with van der Waals surface area (Å²) >= 11 is 24.1. The number of fused-ring (bicyclic) bond motifs is 1. The standard InChI is InChI=1S/C20H17Cl4N5O3/c21-8-1-2-13(24)14(6-8)26-18(31)12-7-15(30)27-17-16(12)19(32)29-20(28-17)25-11-4-9(22)3-10(23)5-11/h1-6,12,16-17,20,25,28H,7H2,(H,26,31)(H,27,30)(H,29,32). The molecule has 4 rings (SSSR count). The molecule has 2 aliphatic heterocycles. The molecule has 5 N–H and O–H groups in total. The second kappa shape index (κ2) is 9.33. The maximum absolute atomic E-state index is 13.0. The number of piperidine rings is 1. The second-order valence-electron chi connectivity index (χ2n) is 7.41. The first-order valence-electron chi connectivity index (χ1n) is 9.54. The fourth-order valence-electron chi connectivity index (χ4n) is 3.78. The SMILES string of the molecule is O=C1CC(C(=O)Nc2cc(Cl)ccc2Cl)C2C(=O)NC(Nc3cc(Cl)cc(Cl)c3)NC2N1. The lowest BCUT2D eigenvalue weighted by Gasteiger charge is -2.43. The maximum atomic E-state index is 13.0. The molecular formula is C20H17Cl4N5O3. The molecule has 2 fully saturated rings. The minimum absolute atomic E-state index is 0.151. The first-order valence-corrected chi connectivity index (χ1v) is 11.0. The first-order chi connectivity index (χ1) is 15.2. The first kappa shape index (κ1) is 22.9. The van der Waals surface area contributed by atoms with Crippen molar-refractivity contribution < 1.29 is 14.4 Å². The van der Waals surface area contributed by atoms with Crippen LogP contribution in [-0.2, 0) is 14.4 Å². The van der Waals surface area contributed by atoms with Crippen LogP contribution in [0.25, 0.3) is 0 Å².